The maximum absolute atomic E-state index is 12.4. The maximum Gasteiger partial charge on any atom is 0.240 e. The molecule has 2 rings (SSSR count). The van der Waals surface area contributed by atoms with Gasteiger partial charge in [0.15, 0.2) is 0 Å². The first kappa shape index (κ1) is 17.2. The second-order valence-electron chi connectivity index (χ2n) is 5.58. The molecular weight excluding hydrogens is 302 g/mol. The van der Waals surface area contributed by atoms with E-state index in [-0.39, 0.29) is 0 Å². The number of nitrogens with zero attached hydrogens (tertiary/aromatic N) is 1. The van der Waals surface area contributed by atoms with Crippen LogP contribution < -0.4 is 14.8 Å². The van der Waals surface area contributed by atoms with Gasteiger partial charge in [-0.15, -0.1) is 0 Å². The van der Waals surface area contributed by atoms with Crippen molar-refractivity contribution in [1.29, 1.82) is 0 Å². The Bertz CT molecular complexity index is 587. The van der Waals surface area contributed by atoms with Gasteiger partial charge in [-0.2, -0.15) is 0 Å². The molecule has 124 valence electrons. The van der Waals surface area contributed by atoms with Gasteiger partial charge in [0.05, 0.1) is 12.0 Å². The van der Waals surface area contributed by atoms with Crippen molar-refractivity contribution in [3.8, 4) is 5.75 Å². The average Bonchev–Trinajstić information content (AvgIpc) is 2.48. The third-order valence-electron chi connectivity index (χ3n) is 3.88. The molecule has 0 atom stereocenters. The molecule has 1 aliphatic heterocycles. The lowest BCUT2D eigenvalue weighted by Gasteiger charge is -2.27. The minimum Gasteiger partial charge on any atom is -0.496 e. The van der Waals surface area contributed by atoms with Crippen molar-refractivity contribution in [3.05, 3.63) is 23.3 Å². The average molecular weight is 327 g/mol. The standard InChI is InChI=1S/C15H25N3O3S/c1-12-10-14(11-13(2)15(12)21-3)22(19,20)17-6-9-18-7-4-16-5-8-18/h10-11,16-17H,4-9H2,1-3H3. The number of benzene rings is 1. The summed E-state index contributed by atoms with van der Waals surface area (Å²) in [4.78, 5) is 2.55. The Morgan fingerprint density at radius 3 is 2.36 bits per heavy atom. The summed E-state index contributed by atoms with van der Waals surface area (Å²) < 4.78 is 32.8. The van der Waals surface area contributed by atoms with Crippen molar-refractivity contribution in [1.82, 2.24) is 14.9 Å². The Hall–Kier alpha value is -1.15. The van der Waals surface area contributed by atoms with E-state index in [2.05, 4.69) is 14.9 Å². The zero-order chi connectivity index (χ0) is 16.2. The molecule has 0 saturated carbocycles. The molecule has 1 heterocycles. The molecule has 1 aromatic carbocycles. The van der Waals surface area contributed by atoms with Crippen molar-refractivity contribution in [2.45, 2.75) is 18.7 Å². The second kappa shape index (κ2) is 7.41. The van der Waals surface area contributed by atoms with E-state index in [1.54, 1.807) is 19.2 Å². The van der Waals surface area contributed by atoms with Gasteiger partial charge in [-0.25, -0.2) is 13.1 Å². The van der Waals surface area contributed by atoms with E-state index in [0.717, 1.165) is 49.6 Å². The number of nitrogens with one attached hydrogen (secondary N) is 2. The van der Waals surface area contributed by atoms with Gasteiger partial charge in [0.25, 0.3) is 0 Å². The molecule has 1 saturated heterocycles. The Balaban J connectivity index is 2.00. The van der Waals surface area contributed by atoms with Crippen LogP contribution in [-0.4, -0.2) is 59.7 Å². The van der Waals surface area contributed by atoms with Gasteiger partial charge in [0.1, 0.15) is 5.75 Å². The molecule has 0 amide bonds. The lowest BCUT2D eigenvalue weighted by Crippen LogP contribution is -2.46. The summed E-state index contributed by atoms with van der Waals surface area (Å²) in [5.41, 5.74) is 1.65. The van der Waals surface area contributed by atoms with Crippen LogP contribution in [0, 0.1) is 13.8 Å². The number of hydrogen-bond acceptors (Lipinski definition) is 5. The quantitative estimate of drug-likeness (QED) is 0.796. The second-order valence-corrected chi connectivity index (χ2v) is 7.35. The van der Waals surface area contributed by atoms with Gasteiger partial charge < -0.3 is 10.1 Å². The monoisotopic (exact) mass is 327 g/mol. The summed E-state index contributed by atoms with van der Waals surface area (Å²) >= 11 is 0. The van der Waals surface area contributed by atoms with E-state index >= 15 is 0 Å². The first-order valence-corrected chi connectivity index (χ1v) is 9.00. The summed E-state index contributed by atoms with van der Waals surface area (Å²) in [7, 11) is -1.89. The van der Waals surface area contributed by atoms with Gasteiger partial charge in [-0.05, 0) is 37.1 Å². The van der Waals surface area contributed by atoms with Crippen LogP contribution in [0.2, 0.25) is 0 Å². The fourth-order valence-electron chi connectivity index (χ4n) is 2.74. The topological polar surface area (TPSA) is 70.7 Å². The van der Waals surface area contributed by atoms with Gasteiger partial charge >= 0.3 is 0 Å². The minimum absolute atomic E-state index is 0.295. The minimum atomic E-state index is -3.48. The van der Waals surface area contributed by atoms with E-state index in [1.807, 2.05) is 13.8 Å². The van der Waals surface area contributed by atoms with Crippen LogP contribution >= 0.6 is 0 Å². The largest absolute Gasteiger partial charge is 0.496 e. The highest BCUT2D eigenvalue weighted by Gasteiger charge is 2.17. The third kappa shape index (κ3) is 4.19. The van der Waals surface area contributed by atoms with Crippen molar-refractivity contribution < 1.29 is 13.2 Å². The highest BCUT2D eigenvalue weighted by atomic mass is 32.2. The lowest BCUT2D eigenvalue weighted by atomic mass is 10.1. The molecule has 1 fully saturated rings. The Kier molecular flexibility index (Phi) is 5.80. The molecule has 1 aliphatic rings. The van der Waals surface area contributed by atoms with E-state index in [4.69, 9.17) is 4.74 Å². The zero-order valence-electron chi connectivity index (χ0n) is 13.5. The summed E-state index contributed by atoms with van der Waals surface area (Å²) in [6, 6.07) is 3.30. The molecule has 0 aromatic heterocycles. The molecule has 6 nitrogen and oxygen atoms in total. The highest BCUT2D eigenvalue weighted by molar-refractivity contribution is 7.89. The molecule has 0 bridgehead atoms. The van der Waals surface area contributed by atoms with Crippen molar-refractivity contribution in [2.24, 2.45) is 0 Å². The predicted octanol–water partition coefficient (Wildman–Crippen LogP) is 0.496. The summed E-state index contributed by atoms with van der Waals surface area (Å²) in [6.45, 7) is 8.71. The van der Waals surface area contributed by atoms with Crippen LogP contribution in [0.3, 0.4) is 0 Å². The van der Waals surface area contributed by atoms with Crippen molar-refractivity contribution >= 4 is 10.0 Å². The van der Waals surface area contributed by atoms with Crippen LogP contribution in [0.4, 0.5) is 0 Å². The Morgan fingerprint density at radius 2 is 1.82 bits per heavy atom. The molecule has 0 radical (unpaired) electrons. The normalized spacial score (nSPS) is 16.7. The van der Waals surface area contributed by atoms with E-state index in [1.165, 1.54) is 0 Å². The van der Waals surface area contributed by atoms with Gasteiger partial charge in [-0.1, -0.05) is 0 Å². The van der Waals surface area contributed by atoms with Crippen molar-refractivity contribution in [3.63, 3.8) is 0 Å². The first-order chi connectivity index (χ1) is 10.4. The number of aryl methyl sites for hydroxylation is 2. The van der Waals surface area contributed by atoms with Crippen LogP contribution in [0.1, 0.15) is 11.1 Å². The van der Waals surface area contributed by atoms with E-state index < -0.39 is 10.0 Å². The van der Waals surface area contributed by atoms with Crippen LogP contribution in [0.5, 0.6) is 5.75 Å². The Labute approximate surface area is 132 Å². The van der Waals surface area contributed by atoms with Gasteiger partial charge in [-0.3, -0.25) is 4.90 Å². The number of ether oxygens (including phenoxy) is 1. The van der Waals surface area contributed by atoms with Crippen LogP contribution in [0.25, 0.3) is 0 Å². The third-order valence-corrected chi connectivity index (χ3v) is 5.32. The first-order valence-electron chi connectivity index (χ1n) is 7.52. The summed E-state index contributed by atoms with van der Waals surface area (Å²) in [6.07, 6.45) is 0. The number of hydrogen-bond donors (Lipinski definition) is 2. The molecule has 0 unspecified atom stereocenters. The number of sulfonamides is 1. The molecule has 7 heteroatoms. The fourth-order valence-corrected chi connectivity index (χ4v) is 3.93. The fraction of sp³-hybridized carbons (Fsp3) is 0.600. The summed E-state index contributed by atoms with van der Waals surface area (Å²) in [5.74, 6) is 0.736. The van der Waals surface area contributed by atoms with Gasteiger partial charge in [0.2, 0.25) is 10.0 Å². The van der Waals surface area contributed by atoms with Crippen LogP contribution in [0.15, 0.2) is 17.0 Å². The molecule has 1 aromatic rings. The number of rotatable bonds is 6. The number of piperazine rings is 1. The summed E-state index contributed by atoms with van der Waals surface area (Å²) in [5, 5.41) is 3.28. The Morgan fingerprint density at radius 1 is 1.23 bits per heavy atom. The van der Waals surface area contributed by atoms with E-state index in [0.29, 0.717) is 11.4 Å². The zero-order valence-corrected chi connectivity index (χ0v) is 14.3. The van der Waals surface area contributed by atoms with Crippen LogP contribution in [-0.2, 0) is 10.0 Å². The lowest BCUT2D eigenvalue weighted by molar-refractivity contribution is 0.245. The molecule has 0 aliphatic carbocycles. The highest BCUT2D eigenvalue weighted by Crippen LogP contribution is 2.26. The number of methoxy groups -OCH3 is 1. The van der Waals surface area contributed by atoms with Gasteiger partial charge in [0, 0.05) is 39.3 Å². The van der Waals surface area contributed by atoms with Crippen molar-refractivity contribution in [2.75, 3.05) is 46.4 Å². The smallest absolute Gasteiger partial charge is 0.240 e. The SMILES string of the molecule is COc1c(C)cc(S(=O)(=O)NCCN2CCNCC2)cc1C. The van der Waals surface area contributed by atoms with E-state index in [9.17, 15) is 8.42 Å². The maximum atomic E-state index is 12.4. The molecule has 2 N–H and O–H groups in total. The predicted molar refractivity (Wildman–Crippen MR) is 87.0 cm³/mol. The molecular formula is C15H25N3O3S. The molecule has 0 spiro atoms. The molecule has 22 heavy (non-hydrogen) atoms.